The van der Waals surface area contributed by atoms with Gasteiger partial charge in [0.05, 0.1) is 6.61 Å². The lowest BCUT2D eigenvalue weighted by molar-refractivity contribution is 0.203. The molecule has 1 rings (SSSR count). The number of carbonyl (C=O) groups is 1. The summed E-state index contributed by atoms with van der Waals surface area (Å²) in [4.78, 5) is 13.5. The van der Waals surface area contributed by atoms with Crippen LogP contribution in [0.3, 0.4) is 0 Å². The summed E-state index contributed by atoms with van der Waals surface area (Å²) in [5, 5.41) is 2.90. The molecule has 0 spiro atoms. The van der Waals surface area contributed by atoms with Crippen LogP contribution in [0.2, 0.25) is 0 Å². The van der Waals surface area contributed by atoms with E-state index in [0.29, 0.717) is 13.2 Å². The second-order valence-corrected chi connectivity index (χ2v) is 3.91. The van der Waals surface area contributed by atoms with Gasteiger partial charge in [-0.25, -0.2) is 4.79 Å². The highest BCUT2D eigenvalue weighted by Gasteiger charge is 2.07. The maximum atomic E-state index is 11.7. The molecule has 18 heavy (non-hydrogen) atoms. The lowest BCUT2D eigenvalue weighted by Crippen LogP contribution is -2.39. The van der Waals surface area contributed by atoms with Gasteiger partial charge in [-0.05, 0) is 38.5 Å². The van der Waals surface area contributed by atoms with Crippen LogP contribution in [0.5, 0.6) is 5.75 Å². The summed E-state index contributed by atoms with van der Waals surface area (Å²) in [6.07, 6.45) is 0. The van der Waals surface area contributed by atoms with Crippen molar-refractivity contribution in [2.24, 2.45) is 0 Å². The first-order valence-corrected chi connectivity index (χ1v) is 6.45. The average molecular weight is 250 g/mol. The predicted octanol–water partition coefficient (Wildman–Crippen LogP) is 2.64. The zero-order valence-electron chi connectivity index (χ0n) is 11.4. The molecule has 0 unspecified atom stereocenters. The van der Waals surface area contributed by atoms with Gasteiger partial charge in [0, 0.05) is 19.6 Å². The molecule has 1 aromatic rings. The Bertz CT molecular complexity index is 359. The number of nitrogens with zero attached hydrogens (tertiary/aromatic N) is 1. The van der Waals surface area contributed by atoms with Crippen LogP contribution in [0.15, 0.2) is 24.3 Å². The predicted molar refractivity (Wildman–Crippen MR) is 72.8 cm³/mol. The molecule has 0 aliphatic rings. The SMILES string of the molecule is CCOc1ccc(CNC(=O)N(CC)CC)cc1. The van der Waals surface area contributed by atoms with Crippen LogP contribution < -0.4 is 10.1 Å². The van der Waals surface area contributed by atoms with E-state index in [2.05, 4.69) is 5.32 Å². The topological polar surface area (TPSA) is 41.6 Å². The smallest absolute Gasteiger partial charge is 0.317 e. The van der Waals surface area contributed by atoms with Crippen molar-refractivity contribution in [1.29, 1.82) is 0 Å². The van der Waals surface area contributed by atoms with Crippen LogP contribution in [-0.2, 0) is 6.54 Å². The number of rotatable bonds is 6. The minimum atomic E-state index is -0.0196. The first-order valence-electron chi connectivity index (χ1n) is 6.45. The third-order valence-electron chi connectivity index (χ3n) is 2.73. The molecule has 100 valence electrons. The van der Waals surface area contributed by atoms with E-state index in [1.54, 1.807) is 4.90 Å². The van der Waals surface area contributed by atoms with Gasteiger partial charge in [0.1, 0.15) is 5.75 Å². The van der Waals surface area contributed by atoms with Crippen molar-refractivity contribution in [2.45, 2.75) is 27.3 Å². The van der Waals surface area contributed by atoms with Gasteiger partial charge in [-0.1, -0.05) is 12.1 Å². The van der Waals surface area contributed by atoms with E-state index in [1.165, 1.54) is 0 Å². The zero-order valence-corrected chi connectivity index (χ0v) is 11.4. The summed E-state index contributed by atoms with van der Waals surface area (Å²) >= 11 is 0. The molecule has 0 radical (unpaired) electrons. The number of amides is 2. The van der Waals surface area contributed by atoms with Crippen molar-refractivity contribution in [3.63, 3.8) is 0 Å². The van der Waals surface area contributed by atoms with Crippen LogP contribution in [0.1, 0.15) is 26.3 Å². The van der Waals surface area contributed by atoms with E-state index >= 15 is 0 Å². The summed E-state index contributed by atoms with van der Waals surface area (Å²) in [7, 11) is 0. The van der Waals surface area contributed by atoms with Crippen molar-refractivity contribution < 1.29 is 9.53 Å². The van der Waals surface area contributed by atoms with Gasteiger partial charge >= 0.3 is 6.03 Å². The van der Waals surface area contributed by atoms with Crippen molar-refractivity contribution in [1.82, 2.24) is 10.2 Å². The fraction of sp³-hybridized carbons (Fsp3) is 0.500. The molecule has 0 saturated carbocycles. The molecule has 4 heteroatoms. The number of urea groups is 1. The van der Waals surface area contributed by atoms with Gasteiger partial charge < -0.3 is 15.0 Å². The Kier molecular flexibility index (Phi) is 6.05. The van der Waals surface area contributed by atoms with Gasteiger partial charge in [-0.15, -0.1) is 0 Å². The Morgan fingerprint density at radius 2 is 1.78 bits per heavy atom. The maximum absolute atomic E-state index is 11.7. The Hall–Kier alpha value is -1.71. The first kappa shape index (κ1) is 14.4. The van der Waals surface area contributed by atoms with Crippen molar-refractivity contribution in [3.8, 4) is 5.75 Å². The molecule has 1 aromatic carbocycles. The number of hydrogen-bond donors (Lipinski definition) is 1. The maximum Gasteiger partial charge on any atom is 0.317 e. The van der Waals surface area contributed by atoms with Crippen LogP contribution in [0.4, 0.5) is 4.79 Å². The molecule has 4 nitrogen and oxygen atoms in total. The highest BCUT2D eigenvalue weighted by atomic mass is 16.5. The van der Waals surface area contributed by atoms with Gasteiger partial charge in [0.15, 0.2) is 0 Å². The third kappa shape index (κ3) is 4.28. The van der Waals surface area contributed by atoms with Gasteiger partial charge in [-0.3, -0.25) is 0 Å². The molecule has 0 aliphatic heterocycles. The van der Waals surface area contributed by atoms with Crippen LogP contribution >= 0.6 is 0 Å². The van der Waals surface area contributed by atoms with E-state index in [-0.39, 0.29) is 6.03 Å². The number of benzene rings is 1. The molecule has 1 N–H and O–H groups in total. The largest absolute Gasteiger partial charge is 0.494 e. The molecule has 0 aliphatic carbocycles. The molecular formula is C14H22N2O2. The average Bonchev–Trinajstić information content (AvgIpc) is 2.40. The minimum absolute atomic E-state index is 0.0196. The van der Waals surface area contributed by atoms with Gasteiger partial charge in [0.25, 0.3) is 0 Å². The summed E-state index contributed by atoms with van der Waals surface area (Å²) in [6.45, 7) is 8.56. The standard InChI is InChI=1S/C14H22N2O2/c1-4-16(5-2)14(17)15-11-12-7-9-13(10-8-12)18-6-3/h7-10H,4-6,11H2,1-3H3,(H,15,17). The summed E-state index contributed by atoms with van der Waals surface area (Å²) in [6, 6.07) is 7.75. The second kappa shape index (κ2) is 7.58. The first-order chi connectivity index (χ1) is 8.71. The van der Waals surface area contributed by atoms with E-state index in [4.69, 9.17) is 4.74 Å². The third-order valence-corrected chi connectivity index (χ3v) is 2.73. The highest BCUT2D eigenvalue weighted by molar-refractivity contribution is 5.74. The van der Waals surface area contributed by atoms with Gasteiger partial charge in [-0.2, -0.15) is 0 Å². The molecule has 0 fully saturated rings. The lowest BCUT2D eigenvalue weighted by Gasteiger charge is -2.19. The Labute approximate surface area is 109 Å². The minimum Gasteiger partial charge on any atom is -0.494 e. The van der Waals surface area contributed by atoms with Gasteiger partial charge in [0.2, 0.25) is 0 Å². The number of ether oxygens (including phenoxy) is 1. The summed E-state index contributed by atoms with van der Waals surface area (Å²) in [5.74, 6) is 0.858. The second-order valence-electron chi connectivity index (χ2n) is 3.91. The molecule has 0 saturated heterocycles. The van der Waals surface area contributed by atoms with Crippen molar-refractivity contribution >= 4 is 6.03 Å². The molecule has 0 atom stereocenters. The Morgan fingerprint density at radius 3 is 2.28 bits per heavy atom. The normalized spacial score (nSPS) is 9.94. The molecule has 0 heterocycles. The molecule has 2 amide bonds. The number of nitrogens with one attached hydrogen (secondary N) is 1. The fourth-order valence-corrected chi connectivity index (χ4v) is 1.67. The Balaban J connectivity index is 2.45. The monoisotopic (exact) mass is 250 g/mol. The molecular weight excluding hydrogens is 228 g/mol. The highest BCUT2D eigenvalue weighted by Crippen LogP contribution is 2.11. The van der Waals surface area contributed by atoms with Crippen LogP contribution in [0, 0.1) is 0 Å². The molecule has 0 bridgehead atoms. The van der Waals surface area contributed by atoms with Crippen molar-refractivity contribution in [2.75, 3.05) is 19.7 Å². The van der Waals surface area contributed by atoms with E-state index in [0.717, 1.165) is 24.4 Å². The van der Waals surface area contributed by atoms with Crippen LogP contribution in [0.25, 0.3) is 0 Å². The number of hydrogen-bond acceptors (Lipinski definition) is 2. The van der Waals surface area contributed by atoms with E-state index in [1.807, 2.05) is 45.0 Å². The summed E-state index contributed by atoms with van der Waals surface area (Å²) in [5.41, 5.74) is 1.07. The van der Waals surface area contributed by atoms with Crippen molar-refractivity contribution in [3.05, 3.63) is 29.8 Å². The summed E-state index contributed by atoms with van der Waals surface area (Å²) < 4.78 is 5.36. The van der Waals surface area contributed by atoms with E-state index < -0.39 is 0 Å². The quantitative estimate of drug-likeness (QED) is 0.843. The molecule has 0 aromatic heterocycles. The lowest BCUT2D eigenvalue weighted by atomic mass is 10.2. The van der Waals surface area contributed by atoms with E-state index in [9.17, 15) is 4.79 Å². The Morgan fingerprint density at radius 1 is 1.17 bits per heavy atom. The fourth-order valence-electron chi connectivity index (χ4n) is 1.67. The number of carbonyl (C=O) groups excluding carboxylic acids is 1. The van der Waals surface area contributed by atoms with Crippen LogP contribution in [-0.4, -0.2) is 30.6 Å². The zero-order chi connectivity index (χ0) is 13.4.